The first-order chi connectivity index (χ1) is 8.51. The summed E-state index contributed by atoms with van der Waals surface area (Å²) in [6, 6.07) is 9.75. The summed E-state index contributed by atoms with van der Waals surface area (Å²) in [5.74, 6) is 0.421. The molecule has 0 amide bonds. The van der Waals surface area contributed by atoms with E-state index in [0.29, 0.717) is 11.4 Å². The Morgan fingerprint density at radius 2 is 2.06 bits per heavy atom. The Morgan fingerprint density at radius 1 is 1.28 bits per heavy atom. The maximum absolute atomic E-state index is 12.0. The van der Waals surface area contributed by atoms with E-state index in [9.17, 15) is 8.42 Å². The highest BCUT2D eigenvalue weighted by molar-refractivity contribution is 9.10. The predicted octanol–water partition coefficient (Wildman–Crippen LogP) is 2.30. The Hall–Kier alpha value is -1.31. The van der Waals surface area contributed by atoms with Gasteiger partial charge in [0.15, 0.2) is 0 Å². The smallest absolute Gasteiger partial charge is 0.295 e. The third-order valence-corrected chi connectivity index (χ3v) is 3.93. The van der Waals surface area contributed by atoms with Gasteiger partial charge < -0.3 is 10.2 Å². The number of hydrogen-bond acceptors (Lipinski definition) is 4. The van der Waals surface area contributed by atoms with Crippen molar-refractivity contribution in [2.45, 2.75) is 11.6 Å². The molecule has 0 unspecified atom stereocenters. The van der Waals surface area contributed by atoms with Crippen molar-refractivity contribution in [3.63, 3.8) is 0 Å². The van der Waals surface area contributed by atoms with Gasteiger partial charge in [-0.1, -0.05) is 22.0 Å². The number of rotatable bonds is 4. The number of nitrogens with one attached hydrogen (secondary N) is 1. The van der Waals surface area contributed by atoms with Crippen molar-refractivity contribution in [2.24, 2.45) is 5.73 Å². The Balaban J connectivity index is 2.27. The van der Waals surface area contributed by atoms with Gasteiger partial charge in [0.1, 0.15) is 5.76 Å². The summed E-state index contributed by atoms with van der Waals surface area (Å²) in [5.41, 5.74) is 5.82. The predicted molar refractivity (Wildman–Crippen MR) is 71.5 cm³/mol. The number of nitrogens with two attached hydrogens (primary N) is 1. The number of halogens is 1. The van der Waals surface area contributed by atoms with Crippen LogP contribution in [0.25, 0.3) is 0 Å². The quantitative estimate of drug-likeness (QED) is 0.900. The Bertz CT molecular complexity index is 652. The zero-order valence-electron chi connectivity index (χ0n) is 9.26. The van der Waals surface area contributed by atoms with E-state index in [-0.39, 0.29) is 11.6 Å². The van der Waals surface area contributed by atoms with Gasteiger partial charge in [-0.2, -0.15) is 8.42 Å². The van der Waals surface area contributed by atoms with Gasteiger partial charge in [-0.3, -0.25) is 4.72 Å². The van der Waals surface area contributed by atoms with Gasteiger partial charge in [0.25, 0.3) is 10.0 Å². The minimum absolute atomic E-state index is 0.150. The molecule has 0 atom stereocenters. The molecule has 0 aliphatic carbocycles. The molecule has 1 aromatic heterocycles. The van der Waals surface area contributed by atoms with Crippen LogP contribution in [0.5, 0.6) is 0 Å². The van der Waals surface area contributed by atoms with Crippen LogP contribution in [0.15, 0.2) is 50.4 Å². The summed E-state index contributed by atoms with van der Waals surface area (Å²) in [5, 5.41) is -0.150. The maximum Gasteiger partial charge on any atom is 0.295 e. The summed E-state index contributed by atoms with van der Waals surface area (Å²) in [6.07, 6.45) is 0. The number of benzene rings is 1. The highest BCUT2D eigenvalue weighted by Crippen LogP contribution is 2.21. The molecule has 1 aromatic carbocycles. The summed E-state index contributed by atoms with van der Waals surface area (Å²) >= 11 is 3.27. The molecule has 3 N–H and O–H groups in total. The van der Waals surface area contributed by atoms with E-state index in [0.717, 1.165) is 4.47 Å². The lowest BCUT2D eigenvalue weighted by Gasteiger charge is -2.05. The Labute approximate surface area is 113 Å². The van der Waals surface area contributed by atoms with E-state index >= 15 is 0 Å². The third-order valence-electron chi connectivity index (χ3n) is 2.18. The largest absolute Gasteiger partial charge is 0.446 e. The molecule has 0 spiro atoms. The van der Waals surface area contributed by atoms with Crippen LogP contribution in [0.2, 0.25) is 0 Å². The minimum atomic E-state index is -3.71. The van der Waals surface area contributed by atoms with Crippen LogP contribution in [0.3, 0.4) is 0 Å². The number of hydrogen-bond donors (Lipinski definition) is 2. The van der Waals surface area contributed by atoms with Crippen LogP contribution < -0.4 is 10.5 Å². The van der Waals surface area contributed by atoms with E-state index in [1.54, 1.807) is 24.3 Å². The van der Waals surface area contributed by atoms with Crippen molar-refractivity contribution in [3.05, 3.63) is 46.6 Å². The average molecular weight is 331 g/mol. The molecule has 2 rings (SSSR count). The molecule has 0 aliphatic heterocycles. The van der Waals surface area contributed by atoms with Gasteiger partial charge >= 0.3 is 0 Å². The van der Waals surface area contributed by atoms with E-state index in [1.165, 1.54) is 12.1 Å². The molecule has 5 nitrogen and oxygen atoms in total. The normalized spacial score (nSPS) is 11.4. The summed E-state index contributed by atoms with van der Waals surface area (Å²) in [7, 11) is -3.71. The van der Waals surface area contributed by atoms with Crippen molar-refractivity contribution in [2.75, 3.05) is 4.72 Å². The van der Waals surface area contributed by atoms with Crippen LogP contribution in [0.4, 0.5) is 5.69 Å². The topological polar surface area (TPSA) is 85.3 Å². The van der Waals surface area contributed by atoms with Crippen molar-refractivity contribution in [3.8, 4) is 0 Å². The van der Waals surface area contributed by atoms with Crippen molar-refractivity contribution >= 4 is 31.6 Å². The molecular weight excluding hydrogens is 320 g/mol. The second kappa shape index (κ2) is 5.13. The molecule has 0 aliphatic rings. The number of anilines is 1. The molecule has 0 saturated heterocycles. The van der Waals surface area contributed by atoms with Gasteiger partial charge in [0.05, 0.1) is 12.2 Å². The van der Waals surface area contributed by atoms with E-state index in [1.807, 2.05) is 0 Å². The van der Waals surface area contributed by atoms with Gasteiger partial charge in [-0.15, -0.1) is 0 Å². The first kappa shape index (κ1) is 13.1. The number of furan rings is 1. The van der Waals surface area contributed by atoms with E-state index in [2.05, 4.69) is 20.7 Å². The molecule has 0 radical (unpaired) electrons. The molecule has 2 aromatic rings. The highest BCUT2D eigenvalue weighted by atomic mass is 79.9. The first-order valence-corrected chi connectivity index (χ1v) is 7.36. The van der Waals surface area contributed by atoms with Crippen LogP contribution in [-0.4, -0.2) is 8.42 Å². The third kappa shape index (κ3) is 2.92. The fraction of sp³-hybridized carbons (Fsp3) is 0.0909. The lowest BCUT2D eigenvalue weighted by molar-refractivity contribution is 0.417. The van der Waals surface area contributed by atoms with Crippen LogP contribution in [0, 0.1) is 0 Å². The van der Waals surface area contributed by atoms with E-state index < -0.39 is 10.0 Å². The zero-order valence-corrected chi connectivity index (χ0v) is 11.7. The summed E-state index contributed by atoms with van der Waals surface area (Å²) in [6.45, 7) is 0.159. The maximum atomic E-state index is 12.0. The lowest BCUT2D eigenvalue weighted by Crippen LogP contribution is -2.12. The Morgan fingerprint density at radius 3 is 2.67 bits per heavy atom. The van der Waals surface area contributed by atoms with Crippen molar-refractivity contribution < 1.29 is 12.8 Å². The van der Waals surface area contributed by atoms with Crippen molar-refractivity contribution in [1.82, 2.24) is 0 Å². The molecule has 96 valence electrons. The number of sulfonamides is 1. The molecule has 0 saturated carbocycles. The van der Waals surface area contributed by atoms with Gasteiger partial charge in [0.2, 0.25) is 5.09 Å². The molecule has 0 fully saturated rings. The SMILES string of the molecule is NCc1ccc(S(=O)(=O)Nc2cccc(Br)c2)o1. The summed E-state index contributed by atoms with van der Waals surface area (Å²) in [4.78, 5) is 0. The Kier molecular flexibility index (Phi) is 3.74. The standard InChI is InChI=1S/C11H11BrN2O3S/c12-8-2-1-3-9(6-8)14-18(15,16)11-5-4-10(7-13)17-11/h1-6,14H,7,13H2. The second-order valence-electron chi connectivity index (χ2n) is 3.54. The minimum Gasteiger partial charge on any atom is -0.446 e. The van der Waals surface area contributed by atoms with Gasteiger partial charge in [0, 0.05) is 4.47 Å². The van der Waals surface area contributed by atoms with Gasteiger partial charge in [-0.25, -0.2) is 0 Å². The fourth-order valence-corrected chi connectivity index (χ4v) is 2.77. The second-order valence-corrected chi connectivity index (χ2v) is 6.07. The lowest BCUT2D eigenvalue weighted by atomic mass is 10.3. The highest BCUT2D eigenvalue weighted by Gasteiger charge is 2.18. The molecule has 0 bridgehead atoms. The van der Waals surface area contributed by atoms with E-state index in [4.69, 9.17) is 10.2 Å². The van der Waals surface area contributed by atoms with Crippen LogP contribution >= 0.6 is 15.9 Å². The monoisotopic (exact) mass is 330 g/mol. The first-order valence-electron chi connectivity index (χ1n) is 5.08. The van der Waals surface area contributed by atoms with Crippen LogP contribution in [0.1, 0.15) is 5.76 Å². The zero-order chi connectivity index (χ0) is 13.2. The molecular formula is C11H11BrN2O3S. The van der Waals surface area contributed by atoms with Crippen molar-refractivity contribution in [1.29, 1.82) is 0 Å². The summed E-state index contributed by atoms with van der Waals surface area (Å²) < 4.78 is 32.3. The average Bonchev–Trinajstić information content (AvgIpc) is 2.77. The van der Waals surface area contributed by atoms with Crippen LogP contribution in [-0.2, 0) is 16.6 Å². The molecule has 1 heterocycles. The molecule has 18 heavy (non-hydrogen) atoms. The van der Waals surface area contributed by atoms with Gasteiger partial charge in [-0.05, 0) is 30.3 Å². The molecule has 7 heteroatoms. The fourth-order valence-electron chi connectivity index (χ4n) is 1.37.